The number of benzene rings is 1. The van der Waals surface area contributed by atoms with Gasteiger partial charge in [-0.1, -0.05) is 11.6 Å². The summed E-state index contributed by atoms with van der Waals surface area (Å²) < 4.78 is 32.6. The van der Waals surface area contributed by atoms with Crippen molar-refractivity contribution in [3.05, 3.63) is 28.8 Å². The average molecular weight is 333 g/mol. The van der Waals surface area contributed by atoms with Crippen LogP contribution in [0.5, 0.6) is 0 Å². The molecular weight excluding hydrogens is 318 g/mol. The molecule has 2 atom stereocenters. The molecular formula is C14H15ClF2N2O3. The van der Waals surface area contributed by atoms with E-state index >= 15 is 0 Å². The predicted octanol–water partition coefficient (Wildman–Crippen LogP) is 2.19. The lowest BCUT2D eigenvalue weighted by Gasteiger charge is -2.37. The molecule has 1 fully saturated rings. The fraction of sp³-hybridized carbons (Fsp3) is 0.429. The molecule has 0 aliphatic carbocycles. The van der Waals surface area contributed by atoms with Gasteiger partial charge < -0.3 is 15.0 Å². The molecule has 1 aliphatic rings. The second-order valence-corrected chi connectivity index (χ2v) is 5.45. The summed E-state index contributed by atoms with van der Waals surface area (Å²) in [6.07, 6.45) is -0.227. The lowest BCUT2D eigenvalue weighted by atomic mass is 10.1. The first kappa shape index (κ1) is 16.6. The van der Waals surface area contributed by atoms with Crippen LogP contribution in [0.15, 0.2) is 12.1 Å². The quantitative estimate of drug-likeness (QED) is 0.802. The Hall–Kier alpha value is -1.73. The molecule has 0 radical (unpaired) electrons. The number of ether oxygens (including phenoxy) is 1. The first-order valence-electron chi connectivity index (χ1n) is 6.69. The summed E-state index contributed by atoms with van der Waals surface area (Å²) in [5, 5.41) is 1.81. The summed E-state index contributed by atoms with van der Waals surface area (Å²) in [7, 11) is 0. The third-order valence-corrected chi connectivity index (χ3v) is 3.80. The molecule has 0 bridgehead atoms. The molecule has 1 saturated heterocycles. The fourth-order valence-corrected chi connectivity index (χ4v) is 2.37. The van der Waals surface area contributed by atoms with Crippen LogP contribution in [0.3, 0.4) is 0 Å². The number of hydrogen-bond acceptors (Lipinski definition) is 3. The van der Waals surface area contributed by atoms with Crippen LogP contribution in [0.4, 0.5) is 14.5 Å². The standard InChI is InChI=1S/C14H15ClF2N2O3/c1-7-8(2)22-4-3-19(7)14(21)13(20)18-12-10(16)5-9(15)6-11(12)17/h5-8H,3-4H2,1-2H3,(H,18,20). The first-order valence-corrected chi connectivity index (χ1v) is 7.07. The van der Waals surface area contributed by atoms with Gasteiger partial charge >= 0.3 is 11.8 Å². The van der Waals surface area contributed by atoms with Crippen LogP contribution < -0.4 is 5.32 Å². The molecule has 0 saturated carbocycles. The highest BCUT2D eigenvalue weighted by atomic mass is 35.5. The molecule has 1 aromatic rings. The SMILES string of the molecule is CC1OCCN(C(=O)C(=O)Nc2c(F)cc(Cl)cc2F)C1C. The van der Waals surface area contributed by atoms with Gasteiger partial charge in [0.2, 0.25) is 0 Å². The third-order valence-electron chi connectivity index (χ3n) is 3.58. The van der Waals surface area contributed by atoms with E-state index in [1.54, 1.807) is 13.8 Å². The fourth-order valence-electron chi connectivity index (χ4n) is 2.18. The van der Waals surface area contributed by atoms with E-state index in [9.17, 15) is 18.4 Å². The van der Waals surface area contributed by atoms with E-state index < -0.39 is 29.1 Å². The Labute approximate surface area is 131 Å². The van der Waals surface area contributed by atoms with Gasteiger partial charge in [-0.25, -0.2) is 8.78 Å². The lowest BCUT2D eigenvalue weighted by Crippen LogP contribution is -2.54. The number of rotatable bonds is 1. The third kappa shape index (κ3) is 3.36. The molecule has 5 nitrogen and oxygen atoms in total. The van der Waals surface area contributed by atoms with Crippen molar-refractivity contribution < 1.29 is 23.1 Å². The van der Waals surface area contributed by atoms with E-state index in [2.05, 4.69) is 0 Å². The highest BCUT2D eigenvalue weighted by Gasteiger charge is 2.33. The van der Waals surface area contributed by atoms with Crippen molar-refractivity contribution in [3.8, 4) is 0 Å². The van der Waals surface area contributed by atoms with E-state index in [1.165, 1.54) is 4.90 Å². The van der Waals surface area contributed by atoms with Crippen LogP contribution >= 0.6 is 11.6 Å². The number of halogens is 3. The monoisotopic (exact) mass is 332 g/mol. The summed E-state index contributed by atoms with van der Waals surface area (Å²) in [5.41, 5.74) is -0.697. The molecule has 1 aliphatic heterocycles. The molecule has 1 heterocycles. The molecule has 1 aromatic carbocycles. The molecule has 8 heteroatoms. The summed E-state index contributed by atoms with van der Waals surface area (Å²) in [6, 6.07) is 1.39. The molecule has 1 N–H and O–H groups in total. The first-order chi connectivity index (χ1) is 10.3. The van der Waals surface area contributed by atoms with Crippen LogP contribution in [0.2, 0.25) is 5.02 Å². The Kier molecular flexibility index (Phi) is 4.97. The maximum atomic E-state index is 13.6. The highest BCUT2D eigenvalue weighted by Crippen LogP contribution is 2.23. The van der Waals surface area contributed by atoms with Gasteiger partial charge in [0.05, 0.1) is 18.8 Å². The van der Waals surface area contributed by atoms with Gasteiger partial charge in [0.15, 0.2) is 11.6 Å². The molecule has 120 valence electrons. The van der Waals surface area contributed by atoms with E-state index in [0.717, 1.165) is 12.1 Å². The number of nitrogens with zero attached hydrogens (tertiary/aromatic N) is 1. The normalized spacial score (nSPS) is 21.6. The topological polar surface area (TPSA) is 58.6 Å². The van der Waals surface area contributed by atoms with Gasteiger partial charge in [0, 0.05) is 11.6 Å². The van der Waals surface area contributed by atoms with Crippen molar-refractivity contribution in [1.29, 1.82) is 0 Å². The van der Waals surface area contributed by atoms with Gasteiger partial charge in [0.1, 0.15) is 5.69 Å². The maximum absolute atomic E-state index is 13.6. The van der Waals surface area contributed by atoms with E-state index in [-0.39, 0.29) is 23.7 Å². The van der Waals surface area contributed by atoms with Gasteiger partial charge in [-0.3, -0.25) is 9.59 Å². The van der Waals surface area contributed by atoms with Crippen molar-refractivity contribution in [2.45, 2.75) is 26.0 Å². The van der Waals surface area contributed by atoms with E-state index in [1.807, 2.05) is 5.32 Å². The van der Waals surface area contributed by atoms with Crippen LogP contribution in [0, 0.1) is 11.6 Å². The largest absolute Gasteiger partial charge is 0.375 e. The zero-order chi connectivity index (χ0) is 16.4. The highest BCUT2D eigenvalue weighted by molar-refractivity contribution is 6.39. The second-order valence-electron chi connectivity index (χ2n) is 5.01. The Morgan fingerprint density at radius 3 is 2.50 bits per heavy atom. The van der Waals surface area contributed by atoms with Gasteiger partial charge in [0.25, 0.3) is 0 Å². The number of carbonyl (C=O) groups excluding carboxylic acids is 2. The predicted molar refractivity (Wildman–Crippen MR) is 76.6 cm³/mol. The minimum Gasteiger partial charge on any atom is -0.375 e. The Morgan fingerprint density at radius 2 is 1.91 bits per heavy atom. The summed E-state index contributed by atoms with van der Waals surface area (Å²) in [5.74, 6) is -4.07. The van der Waals surface area contributed by atoms with Crippen LogP contribution in [0.25, 0.3) is 0 Å². The molecule has 0 aromatic heterocycles. The van der Waals surface area contributed by atoms with Gasteiger partial charge in [-0.2, -0.15) is 0 Å². The van der Waals surface area contributed by atoms with Gasteiger partial charge in [-0.15, -0.1) is 0 Å². The van der Waals surface area contributed by atoms with Crippen LogP contribution in [-0.4, -0.2) is 42.0 Å². The molecule has 2 amide bonds. The molecule has 2 unspecified atom stereocenters. The zero-order valence-corrected chi connectivity index (χ0v) is 12.8. The van der Waals surface area contributed by atoms with Gasteiger partial charge in [-0.05, 0) is 26.0 Å². The number of morpholine rings is 1. The van der Waals surface area contributed by atoms with Crippen molar-refractivity contribution in [2.24, 2.45) is 0 Å². The van der Waals surface area contributed by atoms with E-state index in [0.29, 0.717) is 6.61 Å². The number of carbonyl (C=O) groups is 2. The van der Waals surface area contributed by atoms with Crippen molar-refractivity contribution in [2.75, 3.05) is 18.5 Å². The second kappa shape index (κ2) is 6.58. The van der Waals surface area contributed by atoms with Crippen LogP contribution in [-0.2, 0) is 14.3 Å². The summed E-state index contributed by atoms with van der Waals surface area (Å²) in [6.45, 7) is 4.05. The summed E-state index contributed by atoms with van der Waals surface area (Å²) >= 11 is 5.50. The molecule has 2 rings (SSSR count). The Bertz CT molecular complexity index is 589. The number of nitrogens with one attached hydrogen (secondary N) is 1. The number of hydrogen-bond donors (Lipinski definition) is 1. The smallest absolute Gasteiger partial charge is 0.314 e. The van der Waals surface area contributed by atoms with Crippen LogP contribution in [0.1, 0.15) is 13.8 Å². The average Bonchev–Trinajstić information content (AvgIpc) is 2.44. The van der Waals surface area contributed by atoms with Crippen molar-refractivity contribution in [1.82, 2.24) is 4.90 Å². The van der Waals surface area contributed by atoms with Crippen molar-refractivity contribution >= 4 is 29.1 Å². The van der Waals surface area contributed by atoms with E-state index in [4.69, 9.17) is 16.3 Å². The lowest BCUT2D eigenvalue weighted by molar-refractivity contribution is -0.152. The Morgan fingerprint density at radius 1 is 1.32 bits per heavy atom. The van der Waals surface area contributed by atoms with Crippen molar-refractivity contribution in [3.63, 3.8) is 0 Å². The number of anilines is 1. The Balaban J connectivity index is 2.14. The molecule has 22 heavy (non-hydrogen) atoms. The zero-order valence-electron chi connectivity index (χ0n) is 12.0. The number of amides is 2. The maximum Gasteiger partial charge on any atom is 0.314 e. The molecule has 0 spiro atoms. The summed E-state index contributed by atoms with van der Waals surface area (Å²) in [4.78, 5) is 25.4. The minimum atomic E-state index is -1.11. The minimum absolute atomic E-state index is 0.144.